The van der Waals surface area contributed by atoms with Crippen molar-refractivity contribution in [3.8, 4) is 0 Å². The van der Waals surface area contributed by atoms with Crippen LogP contribution in [0.5, 0.6) is 0 Å². The summed E-state index contributed by atoms with van der Waals surface area (Å²) in [5.41, 5.74) is -0.217. The Morgan fingerprint density at radius 1 is 1.32 bits per heavy atom. The van der Waals surface area contributed by atoms with Gasteiger partial charge in [-0.05, 0) is 18.1 Å². The van der Waals surface area contributed by atoms with Crippen LogP contribution in [-0.4, -0.2) is 35.6 Å². The molecule has 12 heteroatoms. The molecule has 0 amide bonds. The first-order valence-electron chi connectivity index (χ1n) is 6.58. The van der Waals surface area contributed by atoms with Gasteiger partial charge in [-0.1, -0.05) is 18.2 Å². The van der Waals surface area contributed by atoms with Crippen LogP contribution in [-0.2, 0) is 22.9 Å². The molecule has 2 rings (SSSR count). The highest BCUT2D eigenvalue weighted by Gasteiger charge is 2.31. The number of aromatic carboxylic acids is 1. The molecule has 0 radical (unpaired) electrons. The summed E-state index contributed by atoms with van der Waals surface area (Å²) in [6.07, 6.45) is -4.73. The van der Waals surface area contributed by atoms with Gasteiger partial charge < -0.3 is 5.11 Å². The SMILES string of the molecule is O=C(O)c1ncsc1N(CCc1cccc(C(F)(F)F)c1)S(=O)(=O)O. The van der Waals surface area contributed by atoms with Crippen molar-refractivity contribution in [3.05, 3.63) is 46.6 Å². The van der Waals surface area contributed by atoms with Gasteiger partial charge >= 0.3 is 22.4 Å². The maximum Gasteiger partial charge on any atom is 0.416 e. The first kappa shape index (κ1) is 19.1. The first-order chi connectivity index (χ1) is 11.5. The van der Waals surface area contributed by atoms with Gasteiger partial charge in [-0.15, -0.1) is 11.3 Å². The zero-order valence-corrected chi connectivity index (χ0v) is 13.9. The lowest BCUT2D eigenvalue weighted by molar-refractivity contribution is -0.137. The number of carboxylic acid groups (broad SMARTS) is 1. The number of thiazole rings is 1. The Kier molecular flexibility index (Phi) is 5.34. The molecule has 0 fully saturated rings. The van der Waals surface area contributed by atoms with Crippen LogP contribution in [0.15, 0.2) is 29.8 Å². The molecule has 0 atom stereocenters. The Hall–Kier alpha value is -2.18. The van der Waals surface area contributed by atoms with E-state index in [1.807, 2.05) is 0 Å². The van der Waals surface area contributed by atoms with Gasteiger partial charge in [-0.3, -0.25) is 4.55 Å². The highest BCUT2D eigenvalue weighted by Crippen LogP contribution is 2.30. The van der Waals surface area contributed by atoms with Crippen LogP contribution in [0, 0.1) is 0 Å². The van der Waals surface area contributed by atoms with Gasteiger partial charge in [0.1, 0.15) is 5.00 Å². The van der Waals surface area contributed by atoms with Crippen molar-refractivity contribution in [1.29, 1.82) is 0 Å². The van der Waals surface area contributed by atoms with Gasteiger partial charge in [0.2, 0.25) is 0 Å². The van der Waals surface area contributed by atoms with Crippen LogP contribution in [0.3, 0.4) is 0 Å². The Bertz CT molecular complexity index is 880. The number of hydrogen-bond donors (Lipinski definition) is 2. The molecule has 1 aromatic carbocycles. The fourth-order valence-electron chi connectivity index (χ4n) is 2.02. The van der Waals surface area contributed by atoms with Crippen LogP contribution in [0.2, 0.25) is 0 Å². The number of carboxylic acids is 1. The molecule has 1 heterocycles. The van der Waals surface area contributed by atoms with Crippen LogP contribution in [0.4, 0.5) is 18.2 Å². The third-order valence-electron chi connectivity index (χ3n) is 3.11. The molecular weight excluding hydrogens is 385 g/mol. The molecule has 2 aromatic rings. The normalized spacial score (nSPS) is 12.2. The van der Waals surface area contributed by atoms with Crippen molar-refractivity contribution in [1.82, 2.24) is 4.98 Å². The van der Waals surface area contributed by atoms with Crippen molar-refractivity contribution >= 4 is 32.6 Å². The summed E-state index contributed by atoms with van der Waals surface area (Å²) < 4.78 is 70.9. The number of benzene rings is 1. The maximum atomic E-state index is 12.7. The van der Waals surface area contributed by atoms with Crippen molar-refractivity contribution in [2.24, 2.45) is 0 Å². The summed E-state index contributed by atoms with van der Waals surface area (Å²) in [7, 11) is -4.83. The fourth-order valence-corrected chi connectivity index (χ4v) is 3.77. The zero-order valence-electron chi connectivity index (χ0n) is 12.3. The van der Waals surface area contributed by atoms with Gasteiger partial charge in [-0.25, -0.2) is 14.1 Å². The van der Waals surface area contributed by atoms with E-state index in [4.69, 9.17) is 5.11 Å². The average Bonchev–Trinajstić information content (AvgIpc) is 2.95. The van der Waals surface area contributed by atoms with Crippen molar-refractivity contribution in [3.63, 3.8) is 0 Å². The second-order valence-electron chi connectivity index (χ2n) is 4.81. The van der Waals surface area contributed by atoms with Crippen LogP contribution >= 0.6 is 11.3 Å². The average molecular weight is 396 g/mol. The van der Waals surface area contributed by atoms with Crippen molar-refractivity contribution in [2.45, 2.75) is 12.6 Å². The lowest BCUT2D eigenvalue weighted by Gasteiger charge is -2.19. The molecule has 0 aliphatic rings. The summed E-state index contributed by atoms with van der Waals surface area (Å²) in [5.74, 6) is -1.50. The Balaban J connectivity index is 2.28. The fraction of sp³-hybridized carbons (Fsp3) is 0.231. The minimum absolute atomic E-state index is 0.171. The third kappa shape index (κ3) is 4.67. The Morgan fingerprint density at radius 3 is 2.56 bits per heavy atom. The number of rotatable bonds is 6. The molecule has 0 spiro atoms. The van der Waals surface area contributed by atoms with Crippen LogP contribution in [0.1, 0.15) is 21.6 Å². The van der Waals surface area contributed by atoms with E-state index in [1.165, 1.54) is 12.1 Å². The van der Waals surface area contributed by atoms with E-state index in [9.17, 15) is 30.9 Å². The summed E-state index contributed by atoms with van der Waals surface area (Å²) in [4.78, 5) is 14.6. The number of halogens is 3. The molecule has 1 aromatic heterocycles. The smallest absolute Gasteiger partial charge is 0.416 e. The number of alkyl halides is 3. The number of carbonyl (C=O) groups is 1. The van der Waals surface area contributed by atoms with Crippen LogP contribution in [0.25, 0.3) is 0 Å². The minimum Gasteiger partial charge on any atom is -0.476 e. The summed E-state index contributed by atoms with van der Waals surface area (Å²) in [5, 5.41) is 8.66. The molecule has 2 N–H and O–H groups in total. The quantitative estimate of drug-likeness (QED) is 0.727. The van der Waals surface area contributed by atoms with E-state index in [0.29, 0.717) is 15.6 Å². The predicted molar refractivity (Wildman–Crippen MR) is 83.1 cm³/mol. The molecule has 0 aliphatic heterocycles. The molecule has 136 valence electrons. The number of nitrogens with zero attached hydrogens (tertiary/aromatic N) is 2. The molecule has 25 heavy (non-hydrogen) atoms. The van der Waals surface area contributed by atoms with Crippen molar-refractivity contribution < 1.29 is 36.0 Å². The number of hydrogen-bond acceptors (Lipinski definition) is 5. The maximum absolute atomic E-state index is 12.7. The van der Waals surface area contributed by atoms with Gasteiger partial charge in [0.15, 0.2) is 5.69 Å². The molecule has 0 bridgehead atoms. The topological polar surface area (TPSA) is 108 Å². The highest BCUT2D eigenvalue weighted by molar-refractivity contribution is 7.87. The molecule has 7 nitrogen and oxygen atoms in total. The molecule has 0 saturated heterocycles. The molecule has 0 saturated carbocycles. The molecule has 0 unspecified atom stereocenters. The van der Waals surface area contributed by atoms with E-state index in [0.717, 1.165) is 17.6 Å². The lowest BCUT2D eigenvalue weighted by Crippen LogP contribution is -2.32. The van der Waals surface area contributed by atoms with E-state index in [-0.39, 0.29) is 17.0 Å². The Labute approximate surface area is 144 Å². The highest BCUT2D eigenvalue weighted by atomic mass is 32.2. The third-order valence-corrected chi connectivity index (χ3v) is 5.00. The number of anilines is 1. The summed E-state index contributed by atoms with van der Waals surface area (Å²) in [6.45, 7) is -0.456. The van der Waals surface area contributed by atoms with Gasteiger partial charge in [-0.2, -0.15) is 21.6 Å². The van der Waals surface area contributed by atoms with E-state index in [1.54, 1.807) is 0 Å². The number of aromatic nitrogens is 1. The first-order valence-corrected chi connectivity index (χ1v) is 8.86. The summed E-state index contributed by atoms with van der Waals surface area (Å²) in [6, 6.07) is 4.26. The zero-order chi connectivity index (χ0) is 18.8. The van der Waals surface area contributed by atoms with E-state index < -0.39 is 40.3 Å². The summed E-state index contributed by atoms with van der Waals surface area (Å²) >= 11 is 0.670. The largest absolute Gasteiger partial charge is 0.476 e. The minimum atomic E-state index is -4.83. The lowest BCUT2D eigenvalue weighted by atomic mass is 10.1. The molecular formula is C13H11F3N2O5S2. The standard InChI is InChI=1S/C13H11F3N2O5S2/c14-13(15,16)9-3-1-2-8(6-9)4-5-18(25(21,22)23)11-10(12(19)20)17-7-24-11/h1-3,6-7H,4-5H2,(H,19,20)(H,21,22,23). The van der Waals surface area contributed by atoms with Crippen molar-refractivity contribution in [2.75, 3.05) is 10.8 Å². The molecule has 0 aliphatic carbocycles. The Morgan fingerprint density at radius 2 is 2.00 bits per heavy atom. The van der Waals surface area contributed by atoms with E-state index in [2.05, 4.69) is 4.98 Å². The van der Waals surface area contributed by atoms with Gasteiger partial charge in [0.05, 0.1) is 11.1 Å². The second kappa shape index (κ2) is 6.98. The van der Waals surface area contributed by atoms with E-state index >= 15 is 0 Å². The monoisotopic (exact) mass is 396 g/mol. The van der Waals surface area contributed by atoms with Gasteiger partial charge in [0, 0.05) is 6.54 Å². The second-order valence-corrected chi connectivity index (χ2v) is 6.98. The van der Waals surface area contributed by atoms with Gasteiger partial charge in [0.25, 0.3) is 0 Å². The predicted octanol–water partition coefficient (Wildman–Crippen LogP) is 2.71. The van der Waals surface area contributed by atoms with Crippen LogP contribution < -0.4 is 4.31 Å².